The van der Waals surface area contributed by atoms with Crippen LogP contribution in [0.5, 0.6) is 0 Å². The van der Waals surface area contributed by atoms with Gasteiger partial charge in [0.25, 0.3) is 5.56 Å². The number of carbonyl (C=O) groups excluding carboxylic acids is 2. The SMILES string of the molecule is CN1C(=CC(=O)COC(=O)c2ccc3c(=O)n4c(nc3c2)CCC4)C(C)(C)c2ccccc21. The first kappa shape index (κ1) is 21.1. The third kappa shape index (κ3) is 3.44. The zero-order valence-corrected chi connectivity index (χ0v) is 18.9. The van der Waals surface area contributed by atoms with Crippen molar-refractivity contribution in [3.05, 3.63) is 81.5 Å². The smallest absolute Gasteiger partial charge is 0.338 e. The molecule has 0 saturated heterocycles. The molecule has 0 aliphatic carbocycles. The Morgan fingerprint density at radius 3 is 2.76 bits per heavy atom. The van der Waals surface area contributed by atoms with Crippen LogP contribution in [0.4, 0.5) is 5.69 Å². The van der Waals surface area contributed by atoms with Crippen molar-refractivity contribution in [2.75, 3.05) is 18.6 Å². The van der Waals surface area contributed by atoms with Gasteiger partial charge < -0.3 is 9.64 Å². The fraction of sp³-hybridized carbons (Fsp3) is 0.308. The van der Waals surface area contributed by atoms with Crippen LogP contribution >= 0.6 is 0 Å². The Balaban J connectivity index is 1.32. The van der Waals surface area contributed by atoms with Gasteiger partial charge in [-0.3, -0.25) is 14.2 Å². The minimum atomic E-state index is -0.617. The molecule has 0 fully saturated rings. The molecule has 33 heavy (non-hydrogen) atoms. The summed E-state index contributed by atoms with van der Waals surface area (Å²) < 4.78 is 6.98. The van der Waals surface area contributed by atoms with E-state index in [1.54, 1.807) is 28.8 Å². The fourth-order valence-electron chi connectivity index (χ4n) is 4.88. The largest absolute Gasteiger partial charge is 0.454 e. The Bertz CT molecular complexity index is 1400. The number of aromatic nitrogens is 2. The Kier molecular flexibility index (Phi) is 4.92. The lowest BCUT2D eigenvalue weighted by Crippen LogP contribution is -2.25. The van der Waals surface area contributed by atoms with Crippen molar-refractivity contribution in [1.82, 2.24) is 9.55 Å². The summed E-state index contributed by atoms with van der Waals surface area (Å²) in [6.07, 6.45) is 3.19. The van der Waals surface area contributed by atoms with E-state index in [2.05, 4.69) is 24.9 Å². The van der Waals surface area contributed by atoms with Gasteiger partial charge in [-0.15, -0.1) is 0 Å². The van der Waals surface area contributed by atoms with Crippen molar-refractivity contribution < 1.29 is 14.3 Å². The minimum absolute atomic E-state index is 0.0847. The van der Waals surface area contributed by atoms with E-state index >= 15 is 0 Å². The number of anilines is 1. The average molecular weight is 444 g/mol. The topological polar surface area (TPSA) is 81.5 Å². The number of para-hydroxylation sites is 1. The predicted octanol–water partition coefficient (Wildman–Crippen LogP) is 3.38. The van der Waals surface area contributed by atoms with Gasteiger partial charge in [0.15, 0.2) is 12.4 Å². The van der Waals surface area contributed by atoms with E-state index in [0.29, 0.717) is 17.4 Å². The van der Waals surface area contributed by atoms with Crippen molar-refractivity contribution >= 4 is 28.3 Å². The molecule has 0 atom stereocenters. The average Bonchev–Trinajstić information content (AvgIpc) is 3.35. The molecule has 168 valence electrons. The van der Waals surface area contributed by atoms with E-state index in [4.69, 9.17) is 4.74 Å². The van der Waals surface area contributed by atoms with Crippen LogP contribution in [0.2, 0.25) is 0 Å². The summed E-state index contributed by atoms with van der Waals surface area (Å²) in [5.74, 6) is -0.168. The lowest BCUT2D eigenvalue weighted by Gasteiger charge is -2.23. The molecule has 5 rings (SSSR count). The van der Waals surface area contributed by atoms with E-state index < -0.39 is 5.97 Å². The van der Waals surface area contributed by atoms with Crippen LogP contribution in [-0.2, 0) is 27.9 Å². The molecule has 0 amide bonds. The monoisotopic (exact) mass is 443 g/mol. The van der Waals surface area contributed by atoms with Gasteiger partial charge in [-0.2, -0.15) is 0 Å². The van der Waals surface area contributed by atoms with Crippen LogP contribution in [-0.4, -0.2) is 35.0 Å². The predicted molar refractivity (Wildman–Crippen MR) is 126 cm³/mol. The molecule has 0 bridgehead atoms. The van der Waals surface area contributed by atoms with Crippen LogP contribution in [0.3, 0.4) is 0 Å². The maximum absolute atomic E-state index is 12.7. The molecule has 1 aromatic heterocycles. The van der Waals surface area contributed by atoms with E-state index in [1.165, 1.54) is 0 Å². The summed E-state index contributed by atoms with van der Waals surface area (Å²) in [6, 6.07) is 12.8. The number of allylic oxidation sites excluding steroid dienone is 1. The second kappa shape index (κ2) is 7.69. The standard InChI is InChI=1S/C26H25N3O4/c1-26(2)19-7-4-5-8-21(19)28(3)22(26)14-17(30)15-33-25(32)16-10-11-18-20(13-16)27-23-9-6-12-29(23)24(18)31/h4-5,7-8,10-11,13-14H,6,9,12,15H2,1-3H3. The number of aryl methyl sites for hydroxylation is 1. The Labute approximate surface area is 191 Å². The maximum Gasteiger partial charge on any atom is 0.338 e. The second-order valence-electron chi connectivity index (χ2n) is 9.09. The lowest BCUT2D eigenvalue weighted by atomic mass is 9.83. The zero-order chi connectivity index (χ0) is 23.3. The fourth-order valence-corrected chi connectivity index (χ4v) is 4.88. The van der Waals surface area contributed by atoms with Crippen LogP contribution in [0.25, 0.3) is 10.9 Å². The minimum Gasteiger partial charge on any atom is -0.454 e. The van der Waals surface area contributed by atoms with Crippen LogP contribution in [0.15, 0.2) is 59.0 Å². The summed E-state index contributed by atoms with van der Waals surface area (Å²) in [7, 11) is 1.93. The van der Waals surface area contributed by atoms with Gasteiger partial charge in [-0.25, -0.2) is 9.78 Å². The molecule has 3 aromatic rings. The molecule has 0 radical (unpaired) electrons. The molecule has 0 N–H and O–H groups in total. The first-order chi connectivity index (χ1) is 15.8. The number of benzene rings is 2. The molecule has 2 aromatic carbocycles. The van der Waals surface area contributed by atoms with Crippen LogP contribution in [0, 0.1) is 0 Å². The molecular formula is C26H25N3O4. The number of carbonyl (C=O) groups is 2. The maximum atomic E-state index is 12.7. The number of nitrogens with zero attached hydrogens (tertiary/aromatic N) is 3. The van der Waals surface area contributed by atoms with Gasteiger partial charge in [0, 0.05) is 42.9 Å². The highest BCUT2D eigenvalue weighted by Gasteiger charge is 2.38. The third-order valence-electron chi connectivity index (χ3n) is 6.64. The summed E-state index contributed by atoms with van der Waals surface area (Å²) in [5.41, 5.74) is 3.39. The summed E-state index contributed by atoms with van der Waals surface area (Å²) in [4.78, 5) is 44.4. The Hall–Kier alpha value is -3.74. The zero-order valence-electron chi connectivity index (χ0n) is 18.9. The number of rotatable bonds is 4. The van der Waals surface area contributed by atoms with Gasteiger partial charge >= 0.3 is 5.97 Å². The highest BCUT2D eigenvalue weighted by molar-refractivity contribution is 5.98. The van der Waals surface area contributed by atoms with Crippen molar-refractivity contribution in [2.24, 2.45) is 0 Å². The van der Waals surface area contributed by atoms with Gasteiger partial charge in [0.1, 0.15) is 5.82 Å². The van der Waals surface area contributed by atoms with Gasteiger partial charge in [0.2, 0.25) is 0 Å². The Morgan fingerprint density at radius 1 is 1.18 bits per heavy atom. The van der Waals surface area contributed by atoms with Gasteiger partial charge in [-0.05, 0) is 36.2 Å². The molecular weight excluding hydrogens is 418 g/mol. The van der Waals surface area contributed by atoms with Gasteiger partial charge in [0.05, 0.1) is 16.5 Å². The first-order valence-corrected chi connectivity index (χ1v) is 11.1. The number of hydrogen-bond donors (Lipinski definition) is 0. The van der Waals surface area contributed by atoms with Crippen molar-refractivity contribution in [3.8, 4) is 0 Å². The molecule has 2 aliphatic rings. The molecule has 0 unspecified atom stereocenters. The number of ketones is 1. The van der Waals surface area contributed by atoms with Crippen molar-refractivity contribution in [3.63, 3.8) is 0 Å². The summed E-state index contributed by atoms with van der Waals surface area (Å²) in [5, 5.41) is 0.476. The summed E-state index contributed by atoms with van der Waals surface area (Å²) in [6.45, 7) is 4.46. The molecule has 2 aliphatic heterocycles. The third-order valence-corrected chi connectivity index (χ3v) is 6.64. The van der Waals surface area contributed by atoms with Gasteiger partial charge in [-0.1, -0.05) is 32.0 Å². The molecule has 7 heteroatoms. The molecule has 0 spiro atoms. The number of ether oxygens (including phenoxy) is 1. The van der Waals surface area contributed by atoms with Crippen LogP contribution < -0.4 is 10.5 Å². The van der Waals surface area contributed by atoms with E-state index in [0.717, 1.165) is 35.6 Å². The molecule has 0 saturated carbocycles. The highest BCUT2D eigenvalue weighted by atomic mass is 16.5. The quantitative estimate of drug-likeness (QED) is 0.454. The lowest BCUT2D eigenvalue weighted by molar-refractivity contribution is -0.117. The van der Waals surface area contributed by atoms with E-state index in [-0.39, 0.29) is 28.9 Å². The molecule has 7 nitrogen and oxygen atoms in total. The van der Waals surface area contributed by atoms with Crippen molar-refractivity contribution in [1.29, 1.82) is 0 Å². The number of fused-ring (bicyclic) bond motifs is 3. The normalized spacial score (nSPS) is 17.3. The summed E-state index contributed by atoms with van der Waals surface area (Å²) >= 11 is 0. The van der Waals surface area contributed by atoms with E-state index in [1.807, 2.05) is 30.1 Å². The number of esters is 1. The Morgan fingerprint density at radius 2 is 1.97 bits per heavy atom. The number of hydrogen-bond acceptors (Lipinski definition) is 6. The number of likely N-dealkylation sites (N-methyl/N-ethyl adjacent to an activating group) is 1. The van der Waals surface area contributed by atoms with Crippen molar-refractivity contribution in [2.45, 2.75) is 38.6 Å². The second-order valence-corrected chi connectivity index (χ2v) is 9.09. The highest BCUT2D eigenvalue weighted by Crippen LogP contribution is 2.46. The molecule has 3 heterocycles. The van der Waals surface area contributed by atoms with Crippen LogP contribution in [0.1, 0.15) is 42.0 Å². The van der Waals surface area contributed by atoms with E-state index in [9.17, 15) is 14.4 Å². The first-order valence-electron chi connectivity index (χ1n) is 11.1.